The molecule has 19 heavy (non-hydrogen) atoms. The van der Waals surface area contributed by atoms with Crippen LogP contribution in [0.15, 0.2) is 18.2 Å². The molecule has 1 aromatic carbocycles. The Hall–Kier alpha value is -1.75. The maximum absolute atomic E-state index is 11.9. The van der Waals surface area contributed by atoms with Crippen LogP contribution in [0.25, 0.3) is 0 Å². The molecule has 0 saturated heterocycles. The van der Waals surface area contributed by atoms with E-state index in [0.29, 0.717) is 36.6 Å². The molecule has 0 aliphatic carbocycles. The lowest BCUT2D eigenvalue weighted by Crippen LogP contribution is -2.26. The second kappa shape index (κ2) is 7.63. The number of benzene rings is 1. The summed E-state index contributed by atoms with van der Waals surface area (Å²) < 4.78 is 10.6. The molecule has 0 spiro atoms. The molecule has 1 atom stereocenters. The van der Waals surface area contributed by atoms with Gasteiger partial charge in [0.05, 0.1) is 19.8 Å². The normalized spacial score (nSPS) is 11.8. The van der Waals surface area contributed by atoms with E-state index < -0.39 is 6.10 Å². The third-order valence-corrected chi connectivity index (χ3v) is 2.57. The number of ether oxygens (including phenoxy) is 2. The van der Waals surface area contributed by atoms with Gasteiger partial charge in [-0.2, -0.15) is 0 Å². The number of carbonyl (C=O) groups is 1. The van der Waals surface area contributed by atoms with E-state index in [1.54, 1.807) is 25.1 Å². The number of rotatable bonds is 7. The van der Waals surface area contributed by atoms with Crippen molar-refractivity contribution in [1.29, 1.82) is 0 Å². The van der Waals surface area contributed by atoms with Gasteiger partial charge in [-0.25, -0.2) is 0 Å². The topological polar surface area (TPSA) is 67.8 Å². The van der Waals surface area contributed by atoms with Gasteiger partial charge in [-0.1, -0.05) is 0 Å². The highest BCUT2D eigenvalue weighted by atomic mass is 16.5. The van der Waals surface area contributed by atoms with Gasteiger partial charge in [0.2, 0.25) is 0 Å². The third-order valence-electron chi connectivity index (χ3n) is 2.57. The highest BCUT2D eigenvalue weighted by Gasteiger charge is 2.10. The molecule has 5 heteroatoms. The molecule has 0 heterocycles. The van der Waals surface area contributed by atoms with Crippen LogP contribution >= 0.6 is 0 Å². The van der Waals surface area contributed by atoms with Crippen molar-refractivity contribution in [3.63, 3.8) is 0 Å². The first-order chi connectivity index (χ1) is 9.08. The van der Waals surface area contributed by atoms with Crippen molar-refractivity contribution in [1.82, 2.24) is 5.32 Å². The minimum Gasteiger partial charge on any atom is -0.493 e. The zero-order valence-corrected chi connectivity index (χ0v) is 11.6. The Morgan fingerprint density at radius 1 is 1.42 bits per heavy atom. The van der Waals surface area contributed by atoms with Gasteiger partial charge in [0.15, 0.2) is 11.5 Å². The zero-order valence-electron chi connectivity index (χ0n) is 11.6. The molecule has 0 fully saturated rings. The van der Waals surface area contributed by atoms with Gasteiger partial charge in [0, 0.05) is 12.1 Å². The largest absolute Gasteiger partial charge is 0.493 e. The molecule has 5 nitrogen and oxygen atoms in total. The standard InChI is InChI=1S/C14H21NO4/c1-4-19-12-6-5-11(9-13(12)18-3)14(17)15-8-7-10(2)16/h5-6,9-10,16H,4,7-8H2,1-3H3,(H,15,17). The molecule has 2 N–H and O–H groups in total. The number of amides is 1. The van der Waals surface area contributed by atoms with Gasteiger partial charge in [0.1, 0.15) is 0 Å². The summed E-state index contributed by atoms with van der Waals surface area (Å²) in [4.78, 5) is 11.9. The Bertz CT molecular complexity index is 418. The Morgan fingerprint density at radius 3 is 2.74 bits per heavy atom. The molecule has 1 aromatic rings. The molecule has 0 aliphatic rings. The van der Waals surface area contributed by atoms with Crippen molar-refractivity contribution in [3.8, 4) is 11.5 Å². The van der Waals surface area contributed by atoms with Crippen molar-refractivity contribution >= 4 is 5.91 Å². The van der Waals surface area contributed by atoms with Crippen LogP contribution in [0.1, 0.15) is 30.6 Å². The van der Waals surface area contributed by atoms with Crippen molar-refractivity contribution in [2.75, 3.05) is 20.3 Å². The Labute approximate surface area is 113 Å². The highest BCUT2D eigenvalue weighted by Crippen LogP contribution is 2.27. The van der Waals surface area contributed by atoms with E-state index in [4.69, 9.17) is 14.6 Å². The number of methoxy groups -OCH3 is 1. The lowest BCUT2D eigenvalue weighted by atomic mass is 10.2. The van der Waals surface area contributed by atoms with E-state index >= 15 is 0 Å². The first-order valence-corrected chi connectivity index (χ1v) is 6.35. The molecule has 1 unspecified atom stereocenters. The highest BCUT2D eigenvalue weighted by molar-refractivity contribution is 5.94. The maximum atomic E-state index is 11.9. The number of nitrogens with one attached hydrogen (secondary N) is 1. The van der Waals surface area contributed by atoms with Gasteiger partial charge >= 0.3 is 0 Å². The Kier molecular flexibility index (Phi) is 6.15. The average Bonchev–Trinajstić information content (AvgIpc) is 2.39. The SMILES string of the molecule is CCOc1ccc(C(=O)NCCC(C)O)cc1OC. The van der Waals surface area contributed by atoms with Gasteiger partial charge in [0.25, 0.3) is 5.91 Å². The summed E-state index contributed by atoms with van der Waals surface area (Å²) in [6.07, 6.45) is 0.107. The van der Waals surface area contributed by atoms with Crippen LogP contribution < -0.4 is 14.8 Å². The number of hydrogen-bond acceptors (Lipinski definition) is 4. The van der Waals surface area contributed by atoms with E-state index in [2.05, 4.69) is 5.32 Å². The second-order valence-corrected chi connectivity index (χ2v) is 4.19. The van der Waals surface area contributed by atoms with E-state index in [1.807, 2.05) is 6.92 Å². The smallest absolute Gasteiger partial charge is 0.251 e. The fourth-order valence-corrected chi connectivity index (χ4v) is 1.58. The van der Waals surface area contributed by atoms with Crippen LogP contribution in [0.2, 0.25) is 0 Å². The molecular formula is C14H21NO4. The van der Waals surface area contributed by atoms with Crippen LogP contribution in [0.5, 0.6) is 11.5 Å². The maximum Gasteiger partial charge on any atom is 0.251 e. The number of aliphatic hydroxyl groups excluding tert-OH is 1. The summed E-state index contributed by atoms with van der Waals surface area (Å²) in [5.74, 6) is 0.956. The fraction of sp³-hybridized carbons (Fsp3) is 0.500. The van der Waals surface area contributed by atoms with Gasteiger partial charge in [-0.3, -0.25) is 4.79 Å². The molecule has 106 valence electrons. The summed E-state index contributed by atoms with van der Waals surface area (Å²) >= 11 is 0. The summed E-state index contributed by atoms with van der Waals surface area (Å²) in [7, 11) is 1.53. The summed E-state index contributed by atoms with van der Waals surface area (Å²) in [5.41, 5.74) is 0.505. The van der Waals surface area contributed by atoms with Crippen LogP contribution in [-0.4, -0.2) is 37.4 Å². The second-order valence-electron chi connectivity index (χ2n) is 4.19. The third kappa shape index (κ3) is 4.79. The molecule has 1 amide bonds. The predicted molar refractivity (Wildman–Crippen MR) is 72.8 cm³/mol. The van der Waals surface area contributed by atoms with E-state index in [0.717, 1.165) is 0 Å². The lowest BCUT2D eigenvalue weighted by molar-refractivity contribution is 0.0945. The van der Waals surface area contributed by atoms with Crippen molar-refractivity contribution in [2.24, 2.45) is 0 Å². The zero-order chi connectivity index (χ0) is 14.3. The minimum atomic E-state index is -0.421. The molecule has 0 saturated carbocycles. The van der Waals surface area contributed by atoms with Crippen LogP contribution in [0.4, 0.5) is 0 Å². The monoisotopic (exact) mass is 267 g/mol. The lowest BCUT2D eigenvalue weighted by Gasteiger charge is -2.11. The summed E-state index contributed by atoms with van der Waals surface area (Å²) in [6, 6.07) is 5.04. The summed E-state index contributed by atoms with van der Waals surface area (Å²) in [5, 5.41) is 11.9. The first-order valence-electron chi connectivity index (χ1n) is 6.35. The van der Waals surface area contributed by atoms with Crippen LogP contribution in [-0.2, 0) is 0 Å². The van der Waals surface area contributed by atoms with E-state index in [-0.39, 0.29) is 5.91 Å². The molecule has 1 rings (SSSR count). The number of hydrogen-bond donors (Lipinski definition) is 2. The van der Waals surface area contributed by atoms with E-state index in [9.17, 15) is 4.79 Å². The van der Waals surface area contributed by atoms with Crippen LogP contribution in [0, 0.1) is 0 Å². The minimum absolute atomic E-state index is 0.193. The van der Waals surface area contributed by atoms with E-state index in [1.165, 1.54) is 7.11 Å². The Balaban J connectivity index is 2.70. The van der Waals surface area contributed by atoms with Crippen molar-refractivity contribution in [3.05, 3.63) is 23.8 Å². The van der Waals surface area contributed by atoms with Crippen molar-refractivity contribution in [2.45, 2.75) is 26.4 Å². The number of carbonyl (C=O) groups excluding carboxylic acids is 1. The fourth-order valence-electron chi connectivity index (χ4n) is 1.58. The van der Waals surface area contributed by atoms with Crippen molar-refractivity contribution < 1.29 is 19.4 Å². The quantitative estimate of drug-likeness (QED) is 0.787. The first kappa shape index (κ1) is 15.3. The summed E-state index contributed by atoms with van der Waals surface area (Å²) in [6.45, 7) is 4.55. The molecular weight excluding hydrogens is 246 g/mol. The van der Waals surface area contributed by atoms with Gasteiger partial charge in [-0.05, 0) is 38.5 Å². The number of aliphatic hydroxyl groups is 1. The van der Waals surface area contributed by atoms with Crippen LogP contribution in [0.3, 0.4) is 0 Å². The van der Waals surface area contributed by atoms with Gasteiger partial charge in [-0.15, -0.1) is 0 Å². The molecule has 0 aliphatic heterocycles. The predicted octanol–water partition coefficient (Wildman–Crippen LogP) is 1.59. The molecule has 0 aromatic heterocycles. The average molecular weight is 267 g/mol. The molecule has 0 radical (unpaired) electrons. The van der Waals surface area contributed by atoms with Gasteiger partial charge < -0.3 is 19.9 Å². The Morgan fingerprint density at radius 2 is 2.16 bits per heavy atom. The molecule has 0 bridgehead atoms.